The van der Waals surface area contributed by atoms with E-state index in [1.54, 1.807) is 0 Å². The maximum Gasteiger partial charge on any atom is 0.417 e. The number of Topliss-reactive ketones (excluding diaryl/α,β-unsaturated/α-hetero) is 1. The Morgan fingerprint density at radius 2 is 1.94 bits per heavy atom. The van der Waals surface area contributed by atoms with E-state index in [1.807, 2.05) is 0 Å². The van der Waals surface area contributed by atoms with Crippen molar-refractivity contribution in [2.24, 2.45) is 0 Å². The predicted octanol–water partition coefficient (Wildman–Crippen LogP) is 4.12. The summed E-state index contributed by atoms with van der Waals surface area (Å²) < 4.78 is 37.8. The molecule has 0 unspecified atom stereocenters. The highest BCUT2D eigenvalue weighted by atomic mass is 35.5. The van der Waals surface area contributed by atoms with Crippen molar-refractivity contribution in [3.63, 3.8) is 0 Å². The Kier molecular flexibility index (Phi) is 3.43. The zero-order valence-electron chi connectivity index (χ0n) is 8.36. The minimum Gasteiger partial charge on any atom is -0.289 e. The van der Waals surface area contributed by atoms with Gasteiger partial charge in [0.2, 0.25) is 0 Å². The minimum absolute atomic E-state index is 0.0489. The van der Waals surface area contributed by atoms with Crippen LogP contribution in [0.2, 0.25) is 5.02 Å². The number of alkyl halides is 3. The first-order valence-electron chi connectivity index (χ1n) is 4.30. The van der Waals surface area contributed by atoms with Crippen LogP contribution in [0.15, 0.2) is 30.4 Å². The predicted molar refractivity (Wildman–Crippen MR) is 55.6 cm³/mol. The van der Waals surface area contributed by atoms with E-state index in [4.69, 9.17) is 11.6 Å². The van der Waals surface area contributed by atoms with E-state index in [2.05, 4.69) is 6.58 Å². The van der Waals surface area contributed by atoms with Gasteiger partial charge in [-0.1, -0.05) is 18.2 Å². The zero-order valence-corrected chi connectivity index (χ0v) is 9.12. The van der Waals surface area contributed by atoms with Crippen LogP contribution in [0.25, 0.3) is 0 Å². The SMILES string of the molecule is C=C(C)C(=O)c1ccc(Cl)cc1C(F)(F)F. The van der Waals surface area contributed by atoms with E-state index in [9.17, 15) is 18.0 Å². The smallest absolute Gasteiger partial charge is 0.289 e. The van der Waals surface area contributed by atoms with Crippen molar-refractivity contribution in [1.82, 2.24) is 0 Å². The van der Waals surface area contributed by atoms with Crippen LogP contribution in [-0.2, 0) is 6.18 Å². The van der Waals surface area contributed by atoms with Gasteiger partial charge in [-0.25, -0.2) is 0 Å². The molecular weight excluding hydrogens is 241 g/mol. The lowest BCUT2D eigenvalue weighted by molar-refractivity contribution is -0.137. The summed E-state index contributed by atoms with van der Waals surface area (Å²) in [5, 5.41) is -0.0643. The molecule has 0 amide bonds. The van der Waals surface area contributed by atoms with Gasteiger partial charge in [-0.05, 0) is 30.7 Å². The molecule has 0 aromatic heterocycles. The van der Waals surface area contributed by atoms with Gasteiger partial charge in [0, 0.05) is 10.6 Å². The fourth-order valence-electron chi connectivity index (χ4n) is 1.18. The third kappa shape index (κ3) is 2.64. The highest BCUT2D eigenvalue weighted by molar-refractivity contribution is 6.30. The van der Waals surface area contributed by atoms with Crippen molar-refractivity contribution in [3.8, 4) is 0 Å². The number of carbonyl (C=O) groups is 1. The largest absolute Gasteiger partial charge is 0.417 e. The molecule has 0 spiro atoms. The number of hydrogen-bond acceptors (Lipinski definition) is 1. The summed E-state index contributed by atoms with van der Waals surface area (Å²) in [6.07, 6.45) is -4.61. The molecule has 0 saturated heterocycles. The molecule has 0 aliphatic carbocycles. The van der Waals surface area contributed by atoms with Crippen molar-refractivity contribution in [1.29, 1.82) is 0 Å². The van der Waals surface area contributed by atoms with Crippen LogP contribution in [0.1, 0.15) is 22.8 Å². The van der Waals surface area contributed by atoms with E-state index >= 15 is 0 Å². The molecule has 0 bridgehead atoms. The fourth-order valence-corrected chi connectivity index (χ4v) is 1.35. The molecule has 0 heterocycles. The Hall–Kier alpha value is -1.29. The van der Waals surface area contributed by atoms with E-state index in [1.165, 1.54) is 13.0 Å². The maximum atomic E-state index is 12.6. The first kappa shape index (κ1) is 12.8. The molecule has 0 aliphatic rings. The molecule has 0 atom stereocenters. The molecule has 1 nitrogen and oxygen atoms in total. The van der Waals surface area contributed by atoms with Crippen LogP contribution in [0.5, 0.6) is 0 Å². The fraction of sp³-hybridized carbons (Fsp3) is 0.182. The second-order valence-electron chi connectivity index (χ2n) is 3.30. The summed E-state index contributed by atoms with van der Waals surface area (Å²) in [5.41, 5.74) is -1.41. The minimum atomic E-state index is -4.61. The average molecular weight is 249 g/mol. The van der Waals surface area contributed by atoms with E-state index in [0.29, 0.717) is 0 Å². The Bertz CT molecular complexity index is 449. The van der Waals surface area contributed by atoms with E-state index in [-0.39, 0.29) is 10.6 Å². The molecule has 0 radical (unpaired) electrons. The van der Waals surface area contributed by atoms with Crippen molar-refractivity contribution in [3.05, 3.63) is 46.5 Å². The summed E-state index contributed by atoms with van der Waals surface area (Å²) in [6, 6.07) is 3.03. The van der Waals surface area contributed by atoms with Gasteiger partial charge in [-0.3, -0.25) is 4.79 Å². The number of ketones is 1. The summed E-state index contributed by atoms with van der Waals surface area (Å²) >= 11 is 5.47. The molecule has 86 valence electrons. The van der Waals surface area contributed by atoms with Crippen LogP contribution in [0.4, 0.5) is 13.2 Å². The quantitative estimate of drug-likeness (QED) is 0.568. The van der Waals surface area contributed by atoms with E-state index < -0.39 is 23.1 Å². The highest BCUT2D eigenvalue weighted by Gasteiger charge is 2.35. The normalized spacial score (nSPS) is 11.3. The number of benzene rings is 1. The number of rotatable bonds is 2. The molecule has 16 heavy (non-hydrogen) atoms. The highest BCUT2D eigenvalue weighted by Crippen LogP contribution is 2.34. The van der Waals surface area contributed by atoms with Crippen molar-refractivity contribution in [2.45, 2.75) is 13.1 Å². The van der Waals surface area contributed by atoms with Crippen LogP contribution < -0.4 is 0 Å². The molecule has 0 aliphatic heterocycles. The lowest BCUT2D eigenvalue weighted by Crippen LogP contribution is -2.13. The molecule has 1 aromatic rings. The first-order valence-corrected chi connectivity index (χ1v) is 4.68. The van der Waals surface area contributed by atoms with Crippen LogP contribution in [0.3, 0.4) is 0 Å². The second kappa shape index (κ2) is 4.29. The van der Waals surface area contributed by atoms with Gasteiger partial charge in [0.15, 0.2) is 5.78 Å². The maximum absolute atomic E-state index is 12.6. The van der Waals surface area contributed by atoms with Gasteiger partial charge >= 0.3 is 6.18 Å². The van der Waals surface area contributed by atoms with Gasteiger partial charge in [0.05, 0.1) is 5.56 Å². The molecule has 1 aromatic carbocycles. The third-order valence-electron chi connectivity index (χ3n) is 1.92. The van der Waals surface area contributed by atoms with Crippen molar-refractivity contribution in [2.75, 3.05) is 0 Å². The number of hydrogen-bond donors (Lipinski definition) is 0. The Balaban J connectivity index is 3.40. The Labute approximate surface area is 95.5 Å². The van der Waals surface area contributed by atoms with Gasteiger partial charge < -0.3 is 0 Å². The molecule has 0 fully saturated rings. The van der Waals surface area contributed by atoms with Crippen LogP contribution in [0, 0.1) is 0 Å². The summed E-state index contributed by atoms with van der Waals surface area (Å²) in [4.78, 5) is 11.5. The summed E-state index contributed by atoms with van der Waals surface area (Å²) in [5.74, 6) is -0.732. The van der Waals surface area contributed by atoms with E-state index in [0.717, 1.165) is 12.1 Å². The molecule has 0 N–H and O–H groups in total. The Morgan fingerprint density at radius 3 is 2.38 bits per heavy atom. The standard InChI is InChI=1S/C11H8ClF3O/c1-6(2)10(16)8-4-3-7(12)5-9(8)11(13,14)15/h3-5H,1H2,2H3. The van der Waals surface area contributed by atoms with Gasteiger partial charge in [-0.15, -0.1) is 0 Å². The monoisotopic (exact) mass is 248 g/mol. The second-order valence-corrected chi connectivity index (χ2v) is 3.73. The molecule has 1 rings (SSSR count). The van der Waals surface area contributed by atoms with Crippen molar-refractivity contribution < 1.29 is 18.0 Å². The number of allylic oxidation sites excluding steroid dienone is 1. The topological polar surface area (TPSA) is 17.1 Å². The summed E-state index contributed by atoms with van der Waals surface area (Å²) in [7, 11) is 0. The molecule has 0 saturated carbocycles. The van der Waals surface area contributed by atoms with Gasteiger partial charge in [0.1, 0.15) is 0 Å². The van der Waals surface area contributed by atoms with Crippen molar-refractivity contribution >= 4 is 17.4 Å². The van der Waals surface area contributed by atoms with Crippen LogP contribution in [-0.4, -0.2) is 5.78 Å². The molecule has 5 heteroatoms. The first-order chi connectivity index (χ1) is 7.23. The van der Waals surface area contributed by atoms with Crippen LogP contribution >= 0.6 is 11.6 Å². The number of carbonyl (C=O) groups excluding carboxylic acids is 1. The van der Waals surface area contributed by atoms with Gasteiger partial charge in [-0.2, -0.15) is 13.2 Å². The number of halogens is 4. The van der Waals surface area contributed by atoms with Gasteiger partial charge in [0.25, 0.3) is 0 Å². The lowest BCUT2D eigenvalue weighted by atomic mass is 9.99. The third-order valence-corrected chi connectivity index (χ3v) is 2.15. The average Bonchev–Trinajstić information content (AvgIpc) is 2.15. The summed E-state index contributed by atoms with van der Waals surface area (Å²) in [6.45, 7) is 4.69. The Morgan fingerprint density at radius 1 is 1.38 bits per heavy atom. The zero-order chi connectivity index (χ0) is 12.5. The molecular formula is C11H8ClF3O. The lowest BCUT2D eigenvalue weighted by Gasteiger charge is -2.12.